The maximum Gasteiger partial charge on any atom is 0.324 e. The predicted octanol–water partition coefficient (Wildman–Crippen LogP) is -0.654. The molecule has 1 aliphatic rings. The second-order valence-electron chi connectivity index (χ2n) is 7.79. The Balaban J connectivity index is 2.75. The first-order valence-corrected chi connectivity index (χ1v) is 13.8. The molecule has 33 heavy (non-hydrogen) atoms. The maximum atomic E-state index is 13.6. The highest BCUT2D eigenvalue weighted by atomic mass is 32.3. The molecular formula is C21H32NO9S2+. The number of benzene rings is 1. The first-order chi connectivity index (χ1) is 15.5. The van der Waals surface area contributed by atoms with E-state index in [-0.39, 0.29) is 18.5 Å². The first-order valence-electron chi connectivity index (χ1n) is 10.6. The predicted molar refractivity (Wildman–Crippen MR) is 120 cm³/mol. The van der Waals surface area contributed by atoms with Gasteiger partial charge in [0.15, 0.2) is 34.8 Å². The number of esters is 2. The largest absolute Gasteiger partial charge is 0.497 e. The van der Waals surface area contributed by atoms with Crippen LogP contribution in [0.15, 0.2) is 24.3 Å². The van der Waals surface area contributed by atoms with E-state index < -0.39 is 52.6 Å². The second-order valence-corrected chi connectivity index (χ2v) is 12.6. The van der Waals surface area contributed by atoms with Crippen molar-refractivity contribution < 1.29 is 45.5 Å². The van der Waals surface area contributed by atoms with Gasteiger partial charge in [-0.05, 0) is 31.5 Å². The average Bonchev–Trinajstić information content (AvgIpc) is 2.79. The normalized spacial score (nSPS) is 25.9. The molecule has 186 valence electrons. The molecule has 0 radical (unpaired) electrons. The van der Waals surface area contributed by atoms with Crippen LogP contribution >= 0.6 is 0 Å². The number of hydrogen-bond donors (Lipinski definition) is 1. The number of sulfone groups is 2. The molecule has 1 aliphatic heterocycles. The van der Waals surface area contributed by atoms with Gasteiger partial charge in [0.25, 0.3) is 0 Å². The summed E-state index contributed by atoms with van der Waals surface area (Å²) in [5.41, 5.74) is 0.168. The van der Waals surface area contributed by atoms with Gasteiger partial charge in [-0.15, -0.1) is 0 Å². The Morgan fingerprint density at radius 3 is 1.67 bits per heavy atom. The summed E-state index contributed by atoms with van der Waals surface area (Å²) in [5.74, 6) is -3.35. The van der Waals surface area contributed by atoms with E-state index in [1.54, 1.807) is 0 Å². The van der Waals surface area contributed by atoms with Gasteiger partial charge in [0.1, 0.15) is 5.75 Å². The van der Waals surface area contributed by atoms with Crippen LogP contribution in [0.3, 0.4) is 0 Å². The minimum Gasteiger partial charge on any atom is -0.497 e. The van der Waals surface area contributed by atoms with Crippen molar-refractivity contribution in [1.29, 1.82) is 0 Å². The monoisotopic (exact) mass is 506 g/mol. The minimum atomic E-state index is -4.60. The lowest BCUT2D eigenvalue weighted by Crippen LogP contribution is -3.11. The highest BCUT2D eigenvalue weighted by molar-refractivity contribution is 8.11. The van der Waals surface area contributed by atoms with Crippen molar-refractivity contribution in [2.75, 3.05) is 41.0 Å². The van der Waals surface area contributed by atoms with Gasteiger partial charge in [0, 0.05) is 12.3 Å². The smallest absolute Gasteiger partial charge is 0.324 e. The molecular weight excluding hydrogens is 474 g/mol. The molecule has 2 rings (SSSR count). The van der Waals surface area contributed by atoms with Gasteiger partial charge in [-0.3, -0.25) is 9.59 Å². The Bertz CT molecular complexity index is 994. The zero-order valence-electron chi connectivity index (χ0n) is 19.4. The Labute approximate surface area is 195 Å². The van der Waals surface area contributed by atoms with Crippen LogP contribution in [0, 0.1) is 0 Å². The van der Waals surface area contributed by atoms with Crippen molar-refractivity contribution in [3.8, 4) is 5.75 Å². The van der Waals surface area contributed by atoms with Gasteiger partial charge in [0.2, 0.25) is 0 Å². The number of nitrogens with one attached hydrogen (secondary N) is 1. The van der Waals surface area contributed by atoms with Gasteiger partial charge in [0.05, 0.1) is 41.0 Å². The van der Waals surface area contributed by atoms with Crippen molar-refractivity contribution in [2.24, 2.45) is 0 Å². The van der Waals surface area contributed by atoms with Crippen LogP contribution in [0.1, 0.15) is 31.7 Å². The van der Waals surface area contributed by atoms with Gasteiger partial charge in [-0.2, -0.15) is 0 Å². The molecule has 0 amide bonds. The lowest BCUT2D eigenvalue weighted by molar-refractivity contribution is -0.896. The third kappa shape index (κ3) is 5.17. The van der Waals surface area contributed by atoms with Crippen LogP contribution < -0.4 is 9.64 Å². The summed E-state index contributed by atoms with van der Waals surface area (Å²) in [6.07, 6.45) is -0.252. The summed E-state index contributed by atoms with van der Waals surface area (Å²) >= 11 is 0. The van der Waals surface area contributed by atoms with Crippen molar-refractivity contribution in [3.05, 3.63) is 29.8 Å². The zero-order chi connectivity index (χ0) is 25.0. The summed E-state index contributed by atoms with van der Waals surface area (Å²) in [4.78, 5) is 26.5. The SMILES string of the molecule is CC[NH+](CC)CCC1S(=O)(=O)[C@H](C(=O)OC)C(c2ccc(OC)cc2)[C@@H](C(=O)OC)S1(=O)=O. The molecule has 10 nitrogen and oxygen atoms in total. The standard InChI is InChI=1S/C21H31NO9S2/c1-6-22(7-2)13-12-16-32(25,26)18(20(23)30-4)17(14-8-10-15(29-3)11-9-14)19(21(24)31-5)33(16,27)28/h8-11,16-19H,6-7,12-13H2,1-5H3/p+1/t16?,17?,18-,19-/m0/s1. The third-order valence-corrected chi connectivity index (χ3v) is 12.1. The molecule has 0 spiro atoms. The van der Waals surface area contributed by atoms with Gasteiger partial charge < -0.3 is 19.1 Å². The topological polar surface area (TPSA) is 135 Å². The van der Waals surface area contributed by atoms with E-state index in [0.29, 0.717) is 18.8 Å². The molecule has 1 aromatic carbocycles. The maximum absolute atomic E-state index is 13.6. The molecule has 1 fully saturated rings. The van der Waals surface area contributed by atoms with E-state index in [9.17, 15) is 26.4 Å². The summed E-state index contributed by atoms with van der Waals surface area (Å²) in [6, 6.07) is 5.85. The number of quaternary nitrogens is 1. The second kappa shape index (κ2) is 10.8. The van der Waals surface area contributed by atoms with E-state index in [1.807, 2.05) is 13.8 Å². The lowest BCUT2D eigenvalue weighted by Gasteiger charge is -2.39. The molecule has 0 aliphatic carbocycles. The number of carbonyl (C=O) groups is 2. The van der Waals surface area contributed by atoms with Crippen LogP contribution in [0.2, 0.25) is 0 Å². The Hall–Kier alpha value is -2.18. The lowest BCUT2D eigenvalue weighted by atomic mass is 9.91. The molecule has 1 heterocycles. The van der Waals surface area contributed by atoms with Crippen molar-refractivity contribution in [3.63, 3.8) is 0 Å². The van der Waals surface area contributed by atoms with E-state index in [0.717, 1.165) is 19.1 Å². The zero-order valence-corrected chi connectivity index (χ0v) is 21.1. The Kier molecular flexibility index (Phi) is 8.88. The first kappa shape index (κ1) is 27.1. The van der Waals surface area contributed by atoms with E-state index >= 15 is 0 Å². The molecule has 1 saturated heterocycles. The Morgan fingerprint density at radius 1 is 0.848 bits per heavy atom. The average molecular weight is 507 g/mol. The van der Waals surface area contributed by atoms with Crippen molar-refractivity contribution in [1.82, 2.24) is 0 Å². The molecule has 2 atom stereocenters. The summed E-state index contributed by atoms with van der Waals surface area (Å²) in [5, 5.41) is -3.78. The molecule has 1 aromatic rings. The molecule has 0 aromatic heterocycles. The highest BCUT2D eigenvalue weighted by Crippen LogP contribution is 2.43. The van der Waals surface area contributed by atoms with Crippen LogP contribution in [0.4, 0.5) is 0 Å². The fourth-order valence-electron chi connectivity index (χ4n) is 4.30. The number of methoxy groups -OCH3 is 3. The molecule has 0 bridgehead atoms. The highest BCUT2D eigenvalue weighted by Gasteiger charge is 2.63. The fourth-order valence-corrected chi connectivity index (χ4v) is 10.3. The van der Waals surface area contributed by atoms with Crippen molar-refractivity contribution in [2.45, 2.75) is 41.3 Å². The third-order valence-electron chi connectivity index (χ3n) is 6.19. The van der Waals surface area contributed by atoms with Gasteiger partial charge in [-0.25, -0.2) is 16.8 Å². The number of hydrogen-bond acceptors (Lipinski definition) is 9. The molecule has 12 heteroatoms. The fraction of sp³-hybridized carbons (Fsp3) is 0.619. The Morgan fingerprint density at radius 2 is 1.30 bits per heavy atom. The van der Waals surface area contributed by atoms with E-state index in [4.69, 9.17) is 14.2 Å². The van der Waals surface area contributed by atoms with Crippen LogP contribution in [0.5, 0.6) is 5.75 Å². The van der Waals surface area contributed by atoms with Gasteiger partial charge in [-0.1, -0.05) is 12.1 Å². The quantitative estimate of drug-likeness (QED) is 0.433. The molecule has 0 unspecified atom stereocenters. The van der Waals surface area contributed by atoms with Crippen LogP contribution in [-0.4, -0.2) is 84.8 Å². The number of ether oxygens (including phenoxy) is 3. The minimum absolute atomic E-state index is 0.168. The van der Waals surface area contributed by atoms with Crippen LogP contribution in [0.25, 0.3) is 0 Å². The van der Waals surface area contributed by atoms with E-state index in [2.05, 4.69) is 0 Å². The molecule has 1 N–H and O–H groups in total. The summed E-state index contributed by atoms with van der Waals surface area (Å²) in [7, 11) is -5.72. The van der Waals surface area contributed by atoms with Gasteiger partial charge >= 0.3 is 11.9 Å². The van der Waals surface area contributed by atoms with Crippen molar-refractivity contribution >= 4 is 31.6 Å². The summed E-state index contributed by atoms with van der Waals surface area (Å²) < 4.78 is 67.2. The number of carbonyl (C=O) groups excluding carboxylic acids is 2. The van der Waals surface area contributed by atoms with Crippen LogP contribution in [-0.2, 0) is 38.7 Å². The summed E-state index contributed by atoms with van der Waals surface area (Å²) in [6.45, 7) is 5.37. The number of rotatable bonds is 9. The molecule has 0 saturated carbocycles. The van der Waals surface area contributed by atoms with E-state index in [1.165, 1.54) is 31.4 Å².